The number of benzene rings is 2. The standard InChI is InChI=1S/C18H17ClN4O3S/c1-2-12-3-7-14(8-4-12)21-17(24)16-11-20-22-18(16)27(25,26)23-15-9-5-13(19)6-10-15/h3-11,23H,2H2,1H3,(H,20,22)(H,21,24). The number of halogens is 1. The molecule has 0 saturated heterocycles. The van der Waals surface area contributed by atoms with Gasteiger partial charge in [-0.3, -0.25) is 14.6 Å². The molecule has 140 valence electrons. The number of aryl methyl sites for hydroxylation is 1. The van der Waals surface area contributed by atoms with Crippen molar-refractivity contribution in [3.8, 4) is 0 Å². The number of amides is 1. The summed E-state index contributed by atoms with van der Waals surface area (Å²) in [6, 6.07) is 13.5. The Bertz CT molecular complexity index is 1040. The molecule has 3 N–H and O–H groups in total. The number of aromatic amines is 1. The maximum Gasteiger partial charge on any atom is 0.279 e. The minimum absolute atomic E-state index is 0.0870. The van der Waals surface area contributed by atoms with Crippen LogP contribution in [0.1, 0.15) is 22.8 Å². The zero-order valence-corrected chi connectivity index (χ0v) is 15.9. The van der Waals surface area contributed by atoms with Crippen LogP contribution in [0.5, 0.6) is 0 Å². The number of H-pyrrole nitrogens is 1. The van der Waals surface area contributed by atoms with E-state index in [2.05, 4.69) is 20.2 Å². The molecule has 0 unspecified atom stereocenters. The van der Waals surface area contributed by atoms with Gasteiger partial charge in [0.25, 0.3) is 15.9 Å². The summed E-state index contributed by atoms with van der Waals surface area (Å²) in [5.41, 5.74) is 1.92. The van der Waals surface area contributed by atoms with Gasteiger partial charge in [0.15, 0.2) is 5.03 Å². The topological polar surface area (TPSA) is 104 Å². The summed E-state index contributed by atoms with van der Waals surface area (Å²) in [6.45, 7) is 2.03. The van der Waals surface area contributed by atoms with E-state index in [4.69, 9.17) is 11.6 Å². The Kier molecular flexibility index (Phi) is 5.48. The molecule has 1 heterocycles. The summed E-state index contributed by atoms with van der Waals surface area (Å²) in [4.78, 5) is 12.5. The summed E-state index contributed by atoms with van der Waals surface area (Å²) in [5.74, 6) is -0.579. The normalized spacial score (nSPS) is 11.2. The molecule has 27 heavy (non-hydrogen) atoms. The van der Waals surface area contributed by atoms with Crippen LogP contribution in [0.3, 0.4) is 0 Å². The minimum atomic E-state index is -4.03. The Morgan fingerprint density at radius 3 is 2.33 bits per heavy atom. The lowest BCUT2D eigenvalue weighted by Crippen LogP contribution is -2.19. The lowest BCUT2D eigenvalue weighted by Gasteiger charge is -2.09. The van der Waals surface area contributed by atoms with Crippen LogP contribution in [0, 0.1) is 0 Å². The third-order valence-corrected chi connectivity index (χ3v) is 5.44. The SMILES string of the molecule is CCc1ccc(NC(=O)c2cn[nH]c2S(=O)(=O)Nc2ccc(Cl)cc2)cc1. The first-order chi connectivity index (χ1) is 12.9. The maximum absolute atomic E-state index is 12.6. The van der Waals surface area contributed by atoms with Gasteiger partial charge >= 0.3 is 0 Å². The molecule has 0 spiro atoms. The first kappa shape index (κ1) is 18.9. The molecule has 1 amide bonds. The fraction of sp³-hybridized carbons (Fsp3) is 0.111. The number of hydrogen-bond acceptors (Lipinski definition) is 4. The van der Waals surface area contributed by atoms with Crippen LogP contribution >= 0.6 is 11.6 Å². The highest BCUT2D eigenvalue weighted by atomic mass is 35.5. The number of carbonyl (C=O) groups is 1. The van der Waals surface area contributed by atoms with Crippen LogP contribution < -0.4 is 10.0 Å². The average molecular weight is 405 g/mol. The summed E-state index contributed by atoms with van der Waals surface area (Å²) in [5, 5.41) is 8.92. The Labute approximate surface area is 161 Å². The van der Waals surface area contributed by atoms with Gasteiger partial charge in [-0.15, -0.1) is 0 Å². The van der Waals surface area contributed by atoms with Crippen molar-refractivity contribution in [1.82, 2.24) is 10.2 Å². The van der Waals surface area contributed by atoms with Crippen molar-refractivity contribution in [2.24, 2.45) is 0 Å². The summed E-state index contributed by atoms with van der Waals surface area (Å²) in [7, 11) is -4.03. The van der Waals surface area contributed by atoms with Gasteiger partial charge in [0.1, 0.15) is 0 Å². The molecule has 0 aliphatic heterocycles. The molecule has 0 fully saturated rings. The van der Waals surface area contributed by atoms with Gasteiger partial charge in [-0.2, -0.15) is 13.5 Å². The van der Waals surface area contributed by atoms with Gasteiger partial charge in [-0.25, -0.2) is 0 Å². The molecule has 0 radical (unpaired) electrons. The van der Waals surface area contributed by atoms with E-state index in [9.17, 15) is 13.2 Å². The second kappa shape index (κ2) is 7.81. The molecule has 0 aliphatic carbocycles. The zero-order chi connectivity index (χ0) is 19.4. The fourth-order valence-electron chi connectivity index (χ4n) is 2.39. The van der Waals surface area contributed by atoms with E-state index in [1.165, 1.54) is 18.3 Å². The van der Waals surface area contributed by atoms with Crippen molar-refractivity contribution in [1.29, 1.82) is 0 Å². The van der Waals surface area contributed by atoms with Gasteiger partial charge in [-0.1, -0.05) is 30.7 Å². The quantitative estimate of drug-likeness (QED) is 0.582. The predicted octanol–water partition coefficient (Wildman–Crippen LogP) is 3.68. The summed E-state index contributed by atoms with van der Waals surface area (Å²) >= 11 is 5.80. The van der Waals surface area contributed by atoms with Crippen LogP contribution in [0.2, 0.25) is 5.02 Å². The molecule has 7 nitrogen and oxygen atoms in total. The third kappa shape index (κ3) is 4.47. The second-order valence-corrected chi connectivity index (χ2v) is 7.79. The number of anilines is 2. The third-order valence-electron chi connectivity index (χ3n) is 3.83. The Morgan fingerprint density at radius 2 is 1.70 bits per heavy atom. The summed E-state index contributed by atoms with van der Waals surface area (Å²) in [6.07, 6.45) is 2.06. The lowest BCUT2D eigenvalue weighted by molar-refractivity contribution is 0.102. The van der Waals surface area contributed by atoms with Gasteiger partial charge in [0.05, 0.1) is 11.8 Å². The van der Waals surface area contributed by atoms with Crippen molar-refractivity contribution in [2.75, 3.05) is 10.0 Å². The molecular formula is C18H17ClN4O3S. The fourth-order valence-corrected chi connectivity index (χ4v) is 3.67. The molecule has 0 aliphatic rings. The number of hydrogen-bond donors (Lipinski definition) is 3. The van der Waals surface area contributed by atoms with Crippen molar-refractivity contribution >= 4 is 38.9 Å². The van der Waals surface area contributed by atoms with E-state index in [1.54, 1.807) is 24.3 Å². The van der Waals surface area contributed by atoms with Crippen LogP contribution in [-0.4, -0.2) is 24.5 Å². The largest absolute Gasteiger partial charge is 0.322 e. The van der Waals surface area contributed by atoms with Crippen LogP contribution in [0.4, 0.5) is 11.4 Å². The Morgan fingerprint density at radius 1 is 1.07 bits per heavy atom. The van der Waals surface area contributed by atoms with Crippen molar-refractivity contribution in [3.63, 3.8) is 0 Å². The van der Waals surface area contributed by atoms with Crippen LogP contribution in [0.15, 0.2) is 59.8 Å². The smallest absolute Gasteiger partial charge is 0.279 e. The van der Waals surface area contributed by atoms with Gasteiger partial charge in [0.2, 0.25) is 0 Å². The average Bonchev–Trinajstić information content (AvgIpc) is 3.15. The number of aromatic nitrogens is 2. The molecule has 3 aromatic rings. The van der Waals surface area contributed by atoms with Crippen LogP contribution in [0.25, 0.3) is 0 Å². The minimum Gasteiger partial charge on any atom is -0.322 e. The van der Waals surface area contributed by atoms with Gasteiger partial charge < -0.3 is 5.32 Å². The molecule has 0 atom stereocenters. The van der Waals surface area contributed by atoms with Crippen molar-refractivity contribution in [2.45, 2.75) is 18.4 Å². The monoisotopic (exact) mass is 404 g/mol. The van der Waals surface area contributed by atoms with E-state index in [0.29, 0.717) is 16.4 Å². The predicted molar refractivity (Wildman–Crippen MR) is 105 cm³/mol. The van der Waals surface area contributed by atoms with Crippen molar-refractivity contribution < 1.29 is 13.2 Å². The molecular weight excluding hydrogens is 388 g/mol. The van der Waals surface area contributed by atoms with Crippen LogP contribution in [-0.2, 0) is 16.4 Å². The maximum atomic E-state index is 12.6. The molecule has 0 bridgehead atoms. The molecule has 2 aromatic carbocycles. The van der Waals surface area contributed by atoms with E-state index < -0.39 is 15.9 Å². The Balaban J connectivity index is 1.81. The number of nitrogens with one attached hydrogen (secondary N) is 3. The second-order valence-electron chi connectivity index (χ2n) is 5.73. The van der Waals surface area contributed by atoms with E-state index in [-0.39, 0.29) is 10.6 Å². The Hall–Kier alpha value is -2.84. The summed E-state index contributed by atoms with van der Waals surface area (Å²) < 4.78 is 27.6. The number of nitrogens with zero attached hydrogens (tertiary/aromatic N) is 1. The van der Waals surface area contributed by atoms with Crippen molar-refractivity contribution in [3.05, 3.63) is 70.9 Å². The molecule has 9 heteroatoms. The van der Waals surface area contributed by atoms with Gasteiger partial charge in [0, 0.05) is 16.4 Å². The highest BCUT2D eigenvalue weighted by Crippen LogP contribution is 2.20. The molecule has 0 saturated carbocycles. The van der Waals surface area contributed by atoms with E-state index >= 15 is 0 Å². The number of sulfonamides is 1. The molecule has 3 rings (SSSR count). The molecule has 1 aromatic heterocycles. The van der Waals surface area contributed by atoms with E-state index in [1.807, 2.05) is 19.1 Å². The van der Waals surface area contributed by atoms with E-state index in [0.717, 1.165) is 12.0 Å². The first-order valence-corrected chi connectivity index (χ1v) is 9.97. The number of rotatable bonds is 6. The number of carbonyl (C=O) groups excluding carboxylic acids is 1. The first-order valence-electron chi connectivity index (χ1n) is 8.11. The van der Waals surface area contributed by atoms with Gasteiger partial charge in [-0.05, 0) is 48.4 Å². The lowest BCUT2D eigenvalue weighted by atomic mass is 10.1. The highest BCUT2D eigenvalue weighted by molar-refractivity contribution is 7.92. The highest BCUT2D eigenvalue weighted by Gasteiger charge is 2.25. The zero-order valence-electron chi connectivity index (χ0n) is 14.4.